The van der Waals surface area contributed by atoms with E-state index in [0.29, 0.717) is 6.42 Å². The van der Waals surface area contributed by atoms with E-state index in [-0.39, 0.29) is 12.8 Å². The van der Waals surface area contributed by atoms with Crippen LogP contribution in [-0.4, -0.2) is 35.1 Å². The molecular weight excluding hydrogens is 216 g/mol. The molecule has 7 heteroatoms. The van der Waals surface area contributed by atoms with Gasteiger partial charge in [0.15, 0.2) is 0 Å². The molecule has 0 spiro atoms. The van der Waals surface area contributed by atoms with Crippen LogP contribution in [0.25, 0.3) is 0 Å². The molecule has 0 aliphatic heterocycles. The Labute approximate surface area is 92.7 Å². The molecule has 0 radical (unpaired) electrons. The fourth-order valence-electron chi connectivity index (χ4n) is 0.814. The number of hydrogen-bond acceptors (Lipinski definition) is 6. The Bertz CT molecular complexity index is 279. The van der Waals surface area contributed by atoms with Gasteiger partial charge in [0.1, 0.15) is 12.1 Å². The Hall–Kier alpha value is -1.47. The number of rotatable bonds is 6. The summed E-state index contributed by atoms with van der Waals surface area (Å²) in [5, 5.41) is 8.36. The standard InChI is InChI=1S/C9H16N2O5/c1-2-5(10)8(14)16-9(15)6(11)3-4-7(12)13/h5-6H,2-4,10-11H2,1H3,(H,12,13)/t5?,6-/m0/s1. The first kappa shape index (κ1) is 14.5. The Morgan fingerprint density at radius 3 is 2.12 bits per heavy atom. The first-order valence-corrected chi connectivity index (χ1v) is 4.87. The number of ether oxygens (including phenoxy) is 1. The van der Waals surface area contributed by atoms with E-state index in [0.717, 1.165) is 0 Å². The summed E-state index contributed by atoms with van der Waals surface area (Å²) in [5.74, 6) is -2.87. The molecule has 2 atom stereocenters. The van der Waals surface area contributed by atoms with Crippen molar-refractivity contribution in [3.63, 3.8) is 0 Å². The van der Waals surface area contributed by atoms with Crippen molar-refractivity contribution in [3.05, 3.63) is 0 Å². The van der Waals surface area contributed by atoms with Crippen molar-refractivity contribution >= 4 is 17.9 Å². The van der Waals surface area contributed by atoms with Crippen LogP contribution in [0.1, 0.15) is 26.2 Å². The van der Waals surface area contributed by atoms with Crippen LogP contribution < -0.4 is 11.5 Å². The Balaban J connectivity index is 4.05. The Morgan fingerprint density at radius 2 is 1.69 bits per heavy atom. The van der Waals surface area contributed by atoms with E-state index in [9.17, 15) is 14.4 Å². The predicted octanol–water partition coefficient (Wildman–Crippen LogP) is -1.01. The molecule has 0 heterocycles. The highest BCUT2D eigenvalue weighted by atomic mass is 16.6. The lowest BCUT2D eigenvalue weighted by atomic mass is 10.2. The quantitative estimate of drug-likeness (QED) is 0.394. The summed E-state index contributed by atoms with van der Waals surface area (Å²) in [6, 6.07) is -1.99. The number of carboxylic acids is 1. The van der Waals surface area contributed by atoms with E-state index in [1.54, 1.807) is 6.92 Å². The number of aliphatic carboxylic acids is 1. The van der Waals surface area contributed by atoms with E-state index in [4.69, 9.17) is 16.6 Å². The first-order valence-electron chi connectivity index (χ1n) is 4.87. The molecule has 0 saturated carbocycles. The first-order chi connectivity index (χ1) is 7.38. The Morgan fingerprint density at radius 1 is 1.19 bits per heavy atom. The number of carbonyl (C=O) groups excluding carboxylic acids is 2. The van der Waals surface area contributed by atoms with Crippen molar-refractivity contribution in [2.24, 2.45) is 11.5 Å². The number of esters is 2. The third kappa shape index (κ3) is 5.42. The van der Waals surface area contributed by atoms with Crippen molar-refractivity contribution < 1.29 is 24.2 Å². The predicted molar refractivity (Wildman–Crippen MR) is 54.2 cm³/mol. The molecule has 0 aromatic rings. The second kappa shape index (κ2) is 6.91. The summed E-state index contributed by atoms with van der Waals surface area (Å²) in [5.41, 5.74) is 10.6. The van der Waals surface area contributed by atoms with Gasteiger partial charge in [0.05, 0.1) is 0 Å². The summed E-state index contributed by atoms with van der Waals surface area (Å²) in [6.45, 7) is 1.67. The molecule has 5 N–H and O–H groups in total. The Kier molecular flexibility index (Phi) is 6.28. The van der Waals surface area contributed by atoms with Gasteiger partial charge in [-0.1, -0.05) is 6.92 Å². The lowest BCUT2D eigenvalue weighted by Gasteiger charge is -2.11. The van der Waals surface area contributed by atoms with Crippen LogP contribution in [-0.2, 0) is 19.1 Å². The van der Waals surface area contributed by atoms with Crippen LogP contribution in [0.3, 0.4) is 0 Å². The molecule has 0 bridgehead atoms. The van der Waals surface area contributed by atoms with Crippen molar-refractivity contribution in [3.8, 4) is 0 Å². The van der Waals surface area contributed by atoms with Crippen LogP contribution in [0.2, 0.25) is 0 Å². The van der Waals surface area contributed by atoms with Crippen molar-refractivity contribution in [2.45, 2.75) is 38.3 Å². The van der Waals surface area contributed by atoms with Gasteiger partial charge in [-0.05, 0) is 12.8 Å². The molecule has 0 amide bonds. The number of hydrogen-bond donors (Lipinski definition) is 3. The molecule has 1 unspecified atom stereocenters. The molecule has 92 valence electrons. The van der Waals surface area contributed by atoms with Gasteiger partial charge in [-0.3, -0.25) is 4.79 Å². The minimum atomic E-state index is -1.12. The summed E-state index contributed by atoms with van der Waals surface area (Å²) < 4.78 is 4.38. The molecule has 0 aromatic heterocycles. The molecule has 7 nitrogen and oxygen atoms in total. The lowest BCUT2D eigenvalue weighted by Crippen LogP contribution is -2.39. The summed E-state index contributed by atoms with van der Waals surface area (Å²) in [7, 11) is 0. The van der Waals surface area contributed by atoms with Gasteiger partial charge < -0.3 is 21.3 Å². The van der Waals surface area contributed by atoms with Crippen LogP contribution in [0.5, 0.6) is 0 Å². The molecule has 0 rings (SSSR count). The van der Waals surface area contributed by atoms with Crippen molar-refractivity contribution in [2.75, 3.05) is 0 Å². The average Bonchev–Trinajstić information content (AvgIpc) is 2.24. The van der Waals surface area contributed by atoms with Gasteiger partial charge in [-0.15, -0.1) is 0 Å². The number of nitrogens with two attached hydrogens (primary N) is 2. The second-order valence-corrected chi connectivity index (χ2v) is 3.29. The normalized spacial score (nSPS) is 13.9. The number of carboxylic acid groups (broad SMARTS) is 1. The summed E-state index contributed by atoms with van der Waals surface area (Å²) in [4.78, 5) is 32.5. The van der Waals surface area contributed by atoms with Crippen molar-refractivity contribution in [1.82, 2.24) is 0 Å². The van der Waals surface area contributed by atoms with E-state index in [1.807, 2.05) is 0 Å². The maximum Gasteiger partial charge on any atom is 0.330 e. The van der Waals surface area contributed by atoms with E-state index >= 15 is 0 Å². The van der Waals surface area contributed by atoms with Crippen LogP contribution >= 0.6 is 0 Å². The summed E-state index contributed by atoms with van der Waals surface area (Å²) in [6.07, 6.45) is 0.00355. The molecule has 0 aromatic carbocycles. The molecule has 16 heavy (non-hydrogen) atoms. The highest BCUT2D eigenvalue weighted by Gasteiger charge is 2.22. The number of carbonyl (C=O) groups is 3. The van der Waals surface area contributed by atoms with Gasteiger partial charge in [-0.2, -0.15) is 0 Å². The maximum atomic E-state index is 11.2. The smallest absolute Gasteiger partial charge is 0.330 e. The third-order valence-electron chi connectivity index (χ3n) is 1.92. The van der Waals surface area contributed by atoms with Crippen LogP contribution in [0.4, 0.5) is 0 Å². The molecule has 0 saturated heterocycles. The molecule has 0 aliphatic rings. The molecular formula is C9H16N2O5. The zero-order valence-corrected chi connectivity index (χ0v) is 9.01. The fraction of sp³-hybridized carbons (Fsp3) is 0.667. The topological polar surface area (TPSA) is 133 Å². The zero-order valence-electron chi connectivity index (χ0n) is 9.01. The second-order valence-electron chi connectivity index (χ2n) is 3.29. The van der Waals surface area contributed by atoms with Gasteiger partial charge in [-0.25, -0.2) is 9.59 Å². The van der Waals surface area contributed by atoms with Crippen LogP contribution in [0, 0.1) is 0 Å². The minimum Gasteiger partial charge on any atom is -0.481 e. The lowest BCUT2D eigenvalue weighted by molar-refractivity contribution is -0.161. The SMILES string of the molecule is CCC(N)C(=O)OC(=O)[C@@H](N)CCC(=O)O. The van der Waals surface area contributed by atoms with E-state index < -0.39 is 30.0 Å². The van der Waals surface area contributed by atoms with Gasteiger partial charge >= 0.3 is 17.9 Å². The highest BCUT2D eigenvalue weighted by molar-refractivity contribution is 5.90. The largest absolute Gasteiger partial charge is 0.481 e. The van der Waals surface area contributed by atoms with Crippen molar-refractivity contribution in [1.29, 1.82) is 0 Å². The van der Waals surface area contributed by atoms with Gasteiger partial charge in [0, 0.05) is 6.42 Å². The van der Waals surface area contributed by atoms with E-state index in [1.165, 1.54) is 0 Å². The average molecular weight is 232 g/mol. The zero-order chi connectivity index (χ0) is 12.7. The maximum absolute atomic E-state index is 11.2. The van der Waals surface area contributed by atoms with E-state index in [2.05, 4.69) is 4.74 Å². The monoisotopic (exact) mass is 232 g/mol. The third-order valence-corrected chi connectivity index (χ3v) is 1.92. The highest BCUT2D eigenvalue weighted by Crippen LogP contribution is 1.99. The molecule has 0 fully saturated rings. The van der Waals surface area contributed by atoms with Gasteiger partial charge in [0.25, 0.3) is 0 Å². The fourth-order valence-corrected chi connectivity index (χ4v) is 0.814. The summed E-state index contributed by atoms with van der Waals surface area (Å²) >= 11 is 0. The van der Waals surface area contributed by atoms with Gasteiger partial charge in [0.2, 0.25) is 0 Å². The molecule has 0 aliphatic carbocycles. The van der Waals surface area contributed by atoms with Crippen LogP contribution in [0.15, 0.2) is 0 Å². The minimum absolute atomic E-state index is 0.0805.